The molecule has 0 bridgehead atoms. The van der Waals surface area contributed by atoms with Crippen LogP contribution >= 0.6 is 34.7 Å². The predicted molar refractivity (Wildman–Crippen MR) is 131 cm³/mol. The number of rotatable bonds is 4. The molecular weight excluding hydrogens is 462 g/mol. The van der Waals surface area contributed by atoms with Crippen molar-refractivity contribution in [2.75, 3.05) is 5.32 Å². The number of halogens is 1. The minimum absolute atomic E-state index is 0.101. The number of H-pyrrole nitrogens is 1. The summed E-state index contributed by atoms with van der Waals surface area (Å²) < 4.78 is 0. The summed E-state index contributed by atoms with van der Waals surface area (Å²) in [6.07, 6.45) is 1.22. The quantitative estimate of drug-likeness (QED) is 0.353. The Balaban J connectivity index is 1.56. The molecule has 3 heterocycles. The van der Waals surface area contributed by atoms with Gasteiger partial charge in [0.25, 0.3) is 5.56 Å². The largest absolute Gasteiger partial charge is 0.343 e. The van der Waals surface area contributed by atoms with Crippen LogP contribution in [0, 0.1) is 5.41 Å². The second-order valence-electron chi connectivity index (χ2n) is 8.92. The predicted octanol–water partition coefficient (Wildman–Crippen LogP) is 5.98. The highest BCUT2D eigenvalue weighted by Gasteiger charge is 2.42. The maximum atomic E-state index is 13.3. The number of Topliss-reactive ketones (excluding diaryl/α,β-unsaturated/α-hetero) is 1. The molecule has 1 aromatic carbocycles. The van der Waals surface area contributed by atoms with Crippen LogP contribution in [0.3, 0.4) is 0 Å². The highest BCUT2D eigenvalue weighted by Crippen LogP contribution is 2.48. The highest BCUT2D eigenvalue weighted by atomic mass is 35.5. The van der Waals surface area contributed by atoms with Gasteiger partial charge >= 0.3 is 0 Å². The number of hydrogen-bond donors (Lipinski definition) is 2. The molecule has 2 N–H and O–H groups in total. The van der Waals surface area contributed by atoms with Crippen LogP contribution in [0.2, 0.25) is 5.02 Å². The van der Waals surface area contributed by atoms with E-state index in [-0.39, 0.29) is 22.7 Å². The van der Waals surface area contributed by atoms with Crippen molar-refractivity contribution in [2.45, 2.75) is 43.5 Å². The lowest BCUT2D eigenvalue weighted by molar-refractivity contribution is -0.118. The van der Waals surface area contributed by atoms with Crippen LogP contribution in [0.4, 0.5) is 5.82 Å². The van der Waals surface area contributed by atoms with Gasteiger partial charge in [0, 0.05) is 33.3 Å². The first kappa shape index (κ1) is 21.5. The number of fused-ring (bicyclic) bond motifs is 1. The molecule has 8 heteroatoms. The molecule has 5 nitrogen and oxygen atoms in total. The van der Waals surface area contributed by atoms with Gasteiger partial charge in [0.15, 0.2) is 10.9 Å². The maximum absolute atomic E-state index is 13.3. The topological polar surface area (TPSA) is 74.8 Å². The van der Waals surface area contributed by atoms with Gasteiger partial charge in [-0.1, -0.05) is 61.5 Å². The number of carbonyl (C=O) groups is 1. The average molecular weight is 484 g/mol. The van der Waals surface area contributed by atoms with Crippen LogP contribution < -0.4 is 10.9 Å². The molecule has 0 saturated carbocycles. The van der Waals surface area contributed by atoms with Gasteiger partial charge in [-0.25, -0.2) is 4.98 Å². The van der Waals surface area contributed by atoms with Crippen molar-refractivity contribution in [1.29, 1.82) is 0 Å². The van der Waals surface area contributed by atoms with Gasteiger partial charge in [0.2, 0.25) is 0 Å². The van der Waals surface area contributed by atoms with Gasteiger partial charge in [-0.2, -0.15) is 0 Å². The number of hydrogen-bond acceptors (Lipinski definition) is 6. The van der Waals surface area contributed by atoms with Crippen molar-refractivity contribution < 1.29 is 4.79 Å². The summed E-state index contributed by atoms with van der Waals surface area (Å²) in [5.74, 6) is 0.848. The molecule has 1 aliphatic carbocycles. The number of anilines is 1. The number of allylic oxidation sites excluding steroid dienone is 2. The number of benzene rings is 1. The first-order valence-electron chi connectivity index (χ1n) is 10.4. The molecule has 5 rings (SSSR count). The average Bonchev–Trinajstić information content (AvgIpc) is 3.25. The third-order valence-corrected chi connectivity index (χ3v) is 8.08. The number of aromatic nitrogens is 2. The molecule has 2 aromatic heterocycles. The van der Waals surface area contributed by atoms with Crippen molar-refractivity contribution in [3.63, 3.8) is 0 Å². The minimum atomic E-state index is -0.385. The Morgan fingerprint density at radius 3 is 2.75 bits per heavy atom. The summed E-state index contributed by atoms with van der Waals surface area (Å²) in [5.41, 5.74) is 2.74. The fraction of sp³-hybridized carbons (Fsp3) is 0.292. The van der Waals surface area contributed by atoms with Gasteiger partial charge in [0.1, 0.15) is 5.82 Å². The van der Waals surface area contributed by atoms with E-state index >= 15 is 0 Å². The number of carbonyl (C=O) groups excluding carboxylic acids is 1. The zero-order chi connectivity index (χ0) is 22.5. The van der Waals surface area contributed by atoms with Crippen molar-refractivity contribution in [1.82, 2.24) is 9.97 Å². The highest BCUT2D eigenvalue weighted by molar-refractivity contribution is 7.98. The summed E-state index contributed by atoms with van der Waals surface area (Å²) in [7, 11) is 0. The lowest BCUT2D eigenvalue weighted by Crippen LogP contribution is -2.36. The minimum Gasteiger partial charge on any atom is -0.343 e. The Morgan fingerprint density at radius 2 is 2.00 bits per heavy atom. The van der Waals surface area contributed by atoms with E-state index in [1.165, 1.54) is 11.8 Å². The normalized spacial score (nSPS) is 19.3. The van der Waals surface area contributed by atoms with Gasteiger partial charge in [-0.05, 0) is 34.9 Å². The molecule has 0 spiro atoms. The Kier molecular flexibility index (Phi) is 5.51. The molecule has 1 atom stereocenters. The van der Waals surface area contributed by atoms with E-state index < -0.39 is 0 Å². The fourth-order valence-electron chi connectivity index (χ4n) is 4.46. The zero-order valence-electron chi connectivity index (χ0n) is 17.7. The molecule has 2 aliphatic rings. The molecule has 0 unspecified atom stereocenters. The van der Waals surface area contributed by atoms with Crippen molar-refractivity contribution >= 4 is 46.3 Å². The lowest BCUT2D eigenvalue weighted by Gasteiger charge is -2.38. The molecular formula is C24H22ClN3O2S2. The third-order valence-electron chi connectivity index (χ3n) is 5.85. The van der Waals surface area contributed by atoms with E-state index in [1.54, 1.807) is 11.3 Å². The van der Waals surface area contributed by atoms with Gasteiger partial charge < -0.3 is 10.3 Å². The number of nitrogens with one attached hydrogen (secondary N) is 2. The molecule has 0 radical (unpaired) electrons. The van der Waals surface area contributed by atoms with Gasteiger partial charge in [0.05, 0.1) is 11.5 Å². The molecule has 0 saturated heterocycles. The zero-order valence-corrected chi connectivity index (χ0v) is 20.1. The number of ketones is 1. The van der Waals surface area contributed by atoms with E-state index in [2.05, 4.69) is 24.1 Å². The monoisotopic (exact) mass is 483 g/mol. The SMILES string of the molecule is CC1(C)CC(=O)C2=C(C1)Nc1nc(SCc3ccccc3Cl)[nH]c(=O)c1[C@H]2c1cccs1. The van der Waals surface area contributed by atoms with Gasteiger partial charge in [-0.3, -0.25) is 9.59 Å². The second kappa shape index (κ2) is 8.21. The second-order valence-corrected chi connectivity index (χ2v) is 11.3. The molecule has 3 aromatic rings. The summed E-state index contributed by atoms with van der Waals surface area (Å²) in [5, 5.41) is 6.55. The van der Waals surface area contributed by atoms with E-state index in [1.807, 2.05) is 41.8 Å². The number of aromatic amines is 1. The third kappa shape index (κ3) is 3.93. The number of thioether (sulfide) groups is 1. The maximum Gasteiger partial charge on any atom is 0.257 e. The van der Waals surface area contributed by atoms with Crippen molar-refractivity contribution in [3.8, 4) is 0 Å². The number of thiophene rings is 1. The van der Waals surface area contributed by atoms with Crippen LogP contribution in [-0.2, 0) is 10.5 Å². The first-order chi connectivity index (χ1) is 15.3. The summed E-state index contributed by atoms with van der Waals surface area (Å²) >= 11 is 9.26. The molecule has 1 aliphatic heterocycles. The Labute approximate surface area is 199 Å². The molecule has 164 valence electrons. The number of nitrogens with zero attached hydrogens (tertiary/aromatic N) is 1. The van der Waals surface area contributed by atoms with Gasteiger partial charge in [-0.15, -0.1) is 11.3 Å². The van der Waals surface area contributed by atoms with E-state index in [4.69, 9.17) is 16.6 Å². The van der Waals surface area contributed by atoms with Crippen LogP contribution in [-0.4, -0.2) is 15.8 Å². The van der Waals surface area contributed by atoms with Crippen LogP contribution in [0.15, 0.2) is 63.0 Å². The summed E-state index contributed by atoms with van der Waals surface area (Å²) in [6.45, 7) is 4.20. The van der Waals surface area contributed by atoms with Crippen molar-refractivity contribution in [3.05, 3.63) is 84.4 Å². The molecule has 32 heavy (non-hydrogen) atoms. The fourth-order valence-corrected chi connectivity index (χ4v) is 6.45. The lowest BCUT2D eigenvalue weighted by atomic mass is 9.70. The summed E-state index contributed by atoms with van der Waals surface area (Å²) in [4.78, 5) is 35.1. The smallest absolute Gasteiger partial charge is 0.257 e. The molecule has 0 fully saturated rings. The molecule has 0 amide bonds. The van der Waals surface area contributed by atoms with Crippen molar-refractivity contribution in [2.24, 2.45) is 5.41 Å². The van der Waals surface area contributed by atoms with Crippen LogP contribution in [0.1, 0.15) is 48.6 Å². The Bertz CT molecular complexity index is 1290. The van der Waals surface area contributed by atoms with E-state index in [9.17, 15) is 9.59 Å². The van der Waals surface area contributed by atoms with Crippen LogP contribution in [0.5, 0.6) is 0 Å². The van der Waals surface area contributed by atoms with Crippen LogP contribution in [0.25, 0.3) is 0 Å². The van der Waals surface area contributed by atoms with E-state index in [0.29, 0.717) is 39.3 Å². The Hall–Kier alpha value is -2.35. The Morgan fingerprint density at radius 1 is 1.19 bits per heavy atom. The van der Waals surface area contributed by atoms with E-state index in [0.717, 1.165) is 22.6 Å². The summed E-state index contributed by atoms with van der Waals surface area (Å²) in [6, 6.07) is 11.6. The first-order valence-corrected chi connectivity index (χ1v) is 12.6. The standard InChI is InChI=1S/C24H22ClN3O2S2/c1-24(2)10-15-18(16(29)11-24)19(17-8-5-9-31-17)20-21(26-15)27-23(28-22(20)30)32-12-13-6-3-4-7-14(13)25/h3-9,19H,10-12H2,1-2H3,(H2,26,27,28,30)/t19-/m0/s1.